The van der Waals surface area contributed by atoms with Crippen LogP contribution in [0.4, 0.5) is 0 Å². The first-order valence-corrected chi connectivity index (χ1v) is 8.97. The van der Waals surface area contributed by atoms with Crippen LogP contribution in [-0.2, 0) is 4.79 Å². The van der Waals surface area contributed by atoms with Gasteiger partial charge in [0.1, 0.15) is 0 Å². The van der Waals surface area contributed by atoms with Gasteiger partial charge in [-0.05, 0) is 49.4 Å². The molecular weight excluding hydrogens is 260 g/mol. The zero-order chi connectivity index (χ0) is 15.5. The van der Waals surface area contributed by atoms with Gasteiger partial charge in [-0.15, -0.1) is 0 Å². The molecule has 0 aromatic carbocycles. The Labute approximate surface area is 130 Å². The van der Waals surface area contributed by atoms with Gasteiger partial charge < -0.3 is 11.1 Å². The Morgan fingerprint density at radius 1 is 1.24 bits per heavy atom. The molecule has 2 fully saturated rings. The summed E-state index contributed by atoms with van der Waals surface area (Å²) < 4.78 is 0. The van der Waals surface area contributed by atoms with Crippen molar-refractivity contribution >= 4 is 5.91 Å². The third-order valence-electron chi connectivity index (χ3n) is 5.84. The standard InChI is InChI=1S/C18H34N2O/c1-13(2)11-18(9-4-5-10-18)12-20-17(21)15-7-6-8-16(19)14(15)3/h13-16H,4-12,19H2,1-3H3,(H,20,21). The fourth-order valence-electron chi connectivity index (χ4n) is 4.62. The number of nitrogens with one attached hydrogen (secondary N) is 1. The molecule has 3 atom stereocenters. The monoisotopic (exact) mass is 294 g/mol. The molecule has 1 amide bonds. The third-order valence-corrected chi connectivity index (χ3v) is 5.84. The lowest BCUT2D eigenvalue weighted by Gasteiger charge is -2.35. The van der Waals surface area contributed by atoms with Crippen LogP contribution in [-0.4, -0.2) is 18.5 Å². The van der Waals surface area contributed by atoms with Crippen molar-refractivity contribution in [3.63, 3.8) is 0 Å². The number of rotatable bonds is 5. The highest BCUT2D eigenvalue weighted by Gasteiger charge is 2.37. The quantitative estimate of drug-likeness (QED) is 0.815. The summed E-state index contributed by atoms with van der Waals surface area (Å²) in [7, 11) is 0. The molecule has 3 heteroatoms. The summed E-state index contributed by atoms with van der Waals surface area (Å²) in [6.07, 6.45) is 9.64. The van der Waals surface area contributed by atoms with Gasteiger partial charge in [0.05, 0.1) is 0 Å². The van der Waals surface area contributed by atoms with E-state index >= 15 is 0 Å². The smallest absolute Gasteiger partial charge is 0.223 e. The van der Waals surface area contributed by atoms with Gasteiger partial charge in [-0.25, -0.2) is 0 Å². The van der Waals surface area contributed by atoms with Crippen LogP contribution in [0.2, 0.25) is 0 Å². The van der Waals surface area contributed by atoms with Crippen molar-refractivity contribution in [2.24, 2.45) is 28.9 Å². The number of amides is 1. The highest BCUT2D eigenvalue weighted by molar-refractivity contribution is 5.79. The number of carbonyl (C=O) groups excluding carboxylic acids is 1. The molecule has 122 valence electrons. The van der Waals surface area contributed by atoms with E-state index in [4.69, 9.17) is 5.73 Å². The molecule has 0 radical (unpaired) electrons. The minimum Gasteiger partial charge on any atom is -0.355 e. The molecule has 0 bridgehead atoms. The lowest BCUT2D eigenvalue weighted by molar-refractivity contribution is -0.128. The molecule has 0 aromatic heterocycles. The van der Waals surface area contributed by atoms with Gasteiger partial charge in [-0.1, -0.05) is 40.0 Å². The molecule has 0 heterocycles. The van der Waals surface area contributed by atoms with Crippen molar-refractivity contribution in [1.82, 2.24) is 5.32 Å². The van der Waals surface area contributed by atoms with E-state index in [0.717, 1.165) is 25.8 Å². The Morgan fingerprint density at radius 3 is 2.52 bits per heavy atom. The normalized spacial score (nSPS) is 32.3. The van der Waals surface area contributed by atoms with Crippen molar-refractivity contribution in [2.45, 2.75) is 78.2 Å². The number of nitrogens with two attached hydrogens (primary N) is 1. The summed E-state index contributed by atoms with van der Waals surface area (Å²) in [6, 6.07) is 0.200. The van der Waals surface area contributed by atoms with Crippen LogP contribution in [0.25, 0.3) is 0 Å². The zero-order valence-corrected chi connectivity index (χ0v) is 14.2. The predicted molar refractivity (Wildman–Crippen MR) is 87.8 cm³/mol. The van der Waals surface area contributed by atoms with Crippen LogP contribution in [0.1, 0.15) is 72.1 Å². The second kappa shape index (κ2) is 7.13. The third kappa shape index (κ3) is 4.21. The van der Waals surface area contributed by atoms with Crippen LogP contribution in [0.15, 0.2) is 0 Å². The van der Waals surface area contributed by atoms with Crippen LogP contribution < -0.4 is 11.1 Å². The Kier molecular flexibility index (Phi) is 5.70. The molecule has 2 saturated carbocycles. The largest absolute Gasteiger partial charge is 0.355 e. The highest BCUT2D eigenvalue weighted by atomic mass is 16.1. The van der Waals surface area contributed by atoms with Gasteiger partial charge in [0, 0.05) is 18.5 Å². The first-order chi connectivity index (χ1) is 9.93. The molecule has 3 nitrogen and oxygen atoms in total. The molecule has 3 unspecified atom stereocenters. The maximum atomic E-state index is 12.6. The molecule has 3 N–H and O–H groups in total. The summed E-state index contributed by atoms with van der Waals surface area (Å²) >= 11 is 0. The molecule has 0 saturated heterocycles. The molecule has 2 aliphatic carbocycles. The second-order valence-electron chi connectivity index (χ2n) is 8.08. The van der Waals surface area contributed by atoms with Crippen molar-refractivity contribution < 1.29 is 4.79 Å². The lowest BCUT2D eigenvalue weighted by Crippen LogP contribution is -2.46. The number of hydrogen-bond donors (Lipinski definition) is 2. The Bertz CT molecular complexity index is 347. The van der Waals surface area contributed by atoms with Gasteiger partial charge >= 0.3 is 0 Å². The summed E-state index contributed by atoms with van der Waals surface area (Å²) in [5, 5.41) is 3.30. The van der Waals surface area contributed by atoms with Crippen LogP contribution in [0.5, 0.6) is 0 Å². The van der Waals surface area contributed by atoms with Crippen LogP contribution in [0.3, 0.4) is 0 Å². The Hall–Kier alpha value is -0.570. The maximum absolute atomic E-state index is 12.6. The summed E-state index contributed by atoms with van der Waals surface area (Å²) in [4.78, 5) is 12.6. The van der Waals surface area contributed by atoms with E-state index in [2.05, 4.69) is 26.1 Å². The summed E-state index contributed by atoms with van der Waals surface area (Å²) in [5.74, 6) is 1.42. The fourth-order valence-corrected chi connectivity index (χ4v) is 4.62. The minimum atomic E-state index is 0.131. The van der Waals surface area contributed by atoms with Gasteiger partial charge in [0.15, 0.2) is 0 Å². The number of hydrogen-bond acceptors (Lipinski definition) is 2. The first kappa shape index (κ1) is 16.8. The summed E-state index contributed by atoms with van der Waals surface area (Å²) in [6.45, 7) is 7.62. The van der Waals surface area contributed by atoms with Crippen molar-refractivity contribution in [3.8, 4) is 0 Å². The minimum absolute atomic E-state index is 0.131. The van der Waals surface area contributed by atoms with Crippen LogP contribution in [0, 0.1) is 23.2 Å². The SMILES string of the molecule is CC(C)CC1(CNC(=O)C2CCCC(N)C2C)CCCC1. The van der Waals surface area contributed by atoms with Crippen molar-refractivity contribution in [3.05, 3.63) is 0 Å². The molecule has 0 aliphatic heterocycles. The molecule has 0 spiro atoms. The Morgan fingerprint density at radius 2 is 1.90 bits per heavy atom. The molecule has 21 heavy (non-hydrogen) atoms. The topological polar surface area (TPSA) is 55.1 Å². The molecular formula is C18H34N2O. The van der Waals surface area contributed by atoms with Gasteiger partial charge in [0.25, 0.3) is 0 Å². The highest BCUT2D eigenvalue weighted by Crippen LogP contribution is 2.42. The molecule has 2 aliphatic rings. The van der Waals surface area contributed by atoms with Crippen molar-refractivity contribution in [1.29, 1.82) is 0 Å². The van der Waals surface area contributed by atoms with E-state index in [9.17, 15) is 4.79 Å². The maximum Gasteiger partial charge on any atom is 0.223 e. The van der Waals surface area contributed by atoms with Gasteiger partial charge in [-0.3, -0.25) is 4.79 Å². The average Bonchev–Trinajstić information content (AvgIpc) is 2.87. The second-order valence-corrected chi connectivity index (χ2v) is 8.08. The molecule has 2 rings (SSSR count). The zero-order valence-electron chi connectivity index (χ0n) is 14.2. The van der Waals surface area contributed by atoms with E-state index in [1.54, 1.807) is 0 Å². The fraction of sp³-hybridized carbons (Fsp3) is 0.944. The van der Waals surface area contributed by atoms with E-state index in [0.29, 0.717) is 17.3 Å². The summed E-state index contributed by atoms with van der Waals surface area (Å²) in [5.41, 5.74) is 6.50. The van der Waals surface area contributed by atoms with Crippen LogP contribution >= 0.6 is 0 Å². The Balaban J connectivity index is 1.89. The van der Waals surface area contributed by atoms with E-state index in [-0.39, 0.29) is 17.9 Å². The van der Waals surface area contributed by atoms with Gasteiger partial charge in [-0.2, -0.15) is 0 Å². The molecule has 0 aromatic rings. The first-order valence-electron chi connectivity index (χ1n) is 8.97. The van der Waals surface area contributed by atoms with Gasteiger partial charge in [0.2, 0.25) is 5.91 Å². The van der Waals surface area contributed by atoms with E-state index in [1.165, 1.54) is 32.1 Å². The van der Waals surface area contributed by atoms with E-state index < -0.39 is 0 Å². The van der Waals surface area contributed by atoms with E-state index in [1.807, 2.05) is 0 Å². The average molecular weight is 294 g/mol. The number of carbonyl (C=O) groups is 1. The predicted octanol–water partition coefficient (Wildman–Crippen LogP) is 3.47. The lowest BCUT2D eigenvalue weighted by atomic mass is 9.76. The van der Waals surface area contributed by atoms with Crippen molar-refractivity contribution in [2.75, 3.05) is 6.54 Å².